The van der Waals surface area contributed by atoms with E-state index in [-0.39, 0.29) is 0 Å². The van der Waals surface area contributed by atoms with E-state index in [4.69, 9.17) is 4.98 Å². The van der Waals surface area contributed by atoms with Crippen LogP contribution in [-0.2, 0) is 13.1 Å². The minimum absolute atomic E-state index is 0.421. The Labute approximate surface area is 197 Å². The molecule has 0 bridgehead atoms. The lowest BCUT2D eigenvalue weighted by molar-refractivity contribution is 0.301. The zero-order chi connectivity index (χ0) is 22.9. The van der Waals surface area contributed by atoms with Crippen LogP contribution < -0.4 is 10.2 Å². The molecule has 34 heavy (non-hydrogen) atoms. The summed E-state index contributed by atoms with van der Waals surface area (Å²) in [5, 5.41) is 12.2. The normalized spacial score (nSPS) is 18.6. The van der Waals surface area contributed by atoms with Crippen molar-refractivity contribution in [3.05, 3.63) is 60.4 Å². The molecule has 0 unspecified atom stereocenters. The fourth-order valence-electron chi connectivity index (χ4n) is 4.76. The lowest BCUT2D eigenvalue weighted by Gasteiger charge is -2.25. The van der Waals surface area contributed by atoms with Crippen LogP contribution in [0.5, 0.6) is 0 Å². The molecule has 0 spiro atoms. The van der Waals surface area contributed by atoms with Gasteiger partial charge in [-0.25, -0.2) is 14.1 Å². The topological polar surface area (TPSA) is 76.2 Å². The highest BCUT2D eigenvalue weighted by Gasteiger charge is 2.22. The Morgan fingerprint density at radius 2 is 2.03 bits per heavy atom. The summed E-state index contributed by atoms with van der Waals surface area (Å²) in [5.74, 6) is 0.858. The van der Waals surface area contributed by atoms with Crippen LogP contribution in [0.1, 0.15) is 36.9 Å². The predicted molar refractivity (Wildman–Crippen MR) is 128 cm³/mol. The first-order valence-electron chi connectivity index (χ1n) is 12.1. The van der Waals surface area contributed by atoms with Gasteiger partial charge in [0.1, 0.15) is 17.5 Å². The molecular weight excluding hydrogens is 431 g/mol. The first-order chi connectivity index (χ1) is 16.7. The van der Waals surface area contributed by atoms with Crippen LogP contribution in [0.15, 0.2) is 49.2 Å². The maximum atomic E-state index is 13.6. The molecule has 176 valence electrons. The van der Waals surface area contributed by atoms with Gasteiger partial charge in [-0.2, -0.15) is 0 Å². The van der Waals surface area contributed by atoms with E-state index in [1.54, 1.807) is 17.1 Å². The van der Waals surface area contributed by atoms with Gasteiger partial charge in [-0.15, -0.1) is 5.10 Å². The molecule has 0 aromatic carbocycles. The number of nitrogens with one attached hydrogen (secondary N) is 1. The van der Waals surface area contributed by atoms with Gasteiger partial charge in [0.05, 0.1) is 30.3 Å². The highest BCUT2D eigenvalue weighted by molar-refractivity contribution is 5.63. The predicted octanol–water partition coefficient (Wildman–Crippen LogP) is 3.47. The molecule has 1 aliphatic heterocycles. The molecule has 1 N–H and O–H groups in total. The van der Waals surface area contributed by atoms with E-state index >= 15 is 0 Å². The summed E-state index contributed by atoms with van der Waals surface area (Å²) in [4.78, 5) is 11.1. The highest BCUT2D eigenvalue weighted by Crippen LogP contribution is 2.26. The van der Waals surface area contributed by atoms with Gasteiger partial charge in [0, 0.05) is 43.8 Å². The van der Waals surface area contributed by atoms with Gasteiger partial charge < -0.3 is 14.6 Å². The van der Waals surface area contributed by atoms with Gasteiger partial charge in [-0.3, -0.25) is 4.98 Å². The zero-order valence-corrected chi connectivity index (χ0v) is 19.1. The number of anilines is 1. The Bertz CT molecular complexity index is 1280. The largest absolute Gasteiger partial charge is 0.367 e. The van der Waals surface area contributed by atoms with E-state index in [0.29, 0.717) is 26.1 Å². The molecular formula is C25H29FN8. The van der Waals surface area contributed by atoms with Gasteiger partial charge in [-0.05, 0) is 49.4 Å². The van der Waals surface area contributed by atoms with Crippen LogP contribution in [0.25, 0.3) is 16.9 Å². The fraction of sp³-hybridized carbons (Fsp3) is 0.440. The number of aromatic nitrogens is 6. The Morgan fingerprint density at radius 1 is 1.09 bits per heavy atom. The van der Waals surface area contributed by atoms with Crippen molar-refractivity contribution >= 4 is 11.3 Å². The summed E-state index contributed by atoms with van der Waals surface area (Å²) in [6.07, 6.45) is 13.5. The SMILES string of the molecule is F[C@@H]1CCN(c2cncc(-c3cn(Cc4cn5cc(CNCC6CCC6)ccc5n4)nn3)c2)C1. The number of rotatable bonds is 8. The molecule has 1 atom stereocenters. The Hall–Kier alpha value is -3.33. The van der Waals surface area contributed by atoms with Crippen molar-refractivity contribution in [1.29, 1.82) is 0 Å². The maximum absolute atomic E-state index is 13.6. The Kier molecular flexibility index (Phi) is 5.70. The van der Waals surface area contributed by atoms with E-state index in [0.717, 1.165) is 47.3 Å². The summed E-state index contributed by atoms with van der Waals surface area (Å²) in [5.41, 5.74) is 5.64. The molecule has 6 rings (SSSR count). The minimum atomic E-state index is -0.769. The number of fused-ring (bicyclic) bond motifs is 1. The van der Waals surface area contributed by atoms with Crippen LogP contribution in [0.2, 0.25) is 0 Å². The smallest absolute Gasteiger partial charge is 0.137 e. The number of nitrogens with zero attached hydrogens (tertiary/aromatic N) is 7. The van der Waals surface area contributed by atoms with Crippen molar-refractivity contribution in [3.63, 3.8) is 0 Å². The number of alkyl halides is 1. The summed E-state index contributed by atoms with van der Waals surface area (Å²) in [6, 6.07) is 6.21. The summed E-state index contributed by atoms with van der Waals surface area (Å²) in [7, 11) is 0. The summed E-state index contributed by atoms with van der Waals surface area (Å²) < 4.78 is 17.5. The summed E-state index contributed by atoms with van der Waals surface area (Å²) >= 11 is 0. The van der Waals surface area contributed by atoms with Gasteiger partial charge >= 0.3 is 0 Å². The van der Waals surface area contributed by atoms with Crippen molar-refractivity contribution in [2.24, 2.45) is 5.92 Å². The van der Waals surface area contributed by atoms with Gasteiger partial charge in [0.2, 0.25) is 0 Å². The molecule has 9 heteroatoms. The number of hydrogen-bond acceptors (Lipinski definition) is 6. The molecule has 8 nitrogen and oxygen atoms in total. The van der Waals surface area contributed by atoms with Gasteiger partial charge in [0.25, 0.3) is 0 Å². The number of halogens is 1. The molecule has 1 saturated carbocycles. The third-order valence-corrected chi connectivity index (χ3v) is 6.93. The van der Waals surface area contributed by atoms with Gasteiger partial charge in [0.15, 0.2) is 0 Å². The minimum Gasteiger partial charge on any atom is -0.367 e. The van der Waals surface area contributed by atoms with E-state index in [1.807, 2.05) is 17.2 Å². The van der Waals surface area contributed by atoms with Crippen molar-refractivity contribution in [2.75, 3.05) is 24.5 Å². The number of hydrogen-bond donors (Lipinski definition) is 1. The Morgan fingerprint density at radius 3 is 2.85 bits per heavy atom. The van der Waals surface area contributed by atoms with Crippen molar-refractivity contribution in [1.82, 2.24) is 34.7 Å². The maximum Gasteiger partial charge on any atom is 0.137 e. The van der Waals surface area contributed by atoms with Crippen LogP contribution in [-0.4, -0.2) is 55.2 Å². The van der Waals surface area contributed by atoms with Crippen molar-refractivity contribution < 1.29 is 4.39 Å². The lowest BCUT2D eigenvalue weighted by Crippen LogP contribution is -2.26. The molecule has 0 radical (unpaired) electrons. The zero-order valence-electron chi connectivity index (χ0n) is 19.1. The average molecular weight is 461 g/mol. The second-order valence-corrected chi connectivity index (χ2v) is 9.53. The third-order valence-electron chi connectivity index (χ3n) is 6.93. The molecule has 0 amide bonds. The quantitative estimate of drug-likeness (QED) is 0.434. The molecule has 1 saturated heterocycles. The molecule has 4 aromatic rings. The average Bonchev–Trinajstić information content (AvgIpc) is 3.55. The Balaban J connectivity index is 1.12. The fourth-order valence-corrected chi connectivity index (χ4v) is 4.76. The second-order valence-electron chi connectivity index (χ2n) is 9.53. The van der Waals surface area contributed by atoms with E-state index in [2.05, 4.69) is 49.5 Å². The third kappa shape index (κ3) is 4.52. The van der Waals surface area contributed by atoms with Crippen molar-refractivity contribution in [2.45, 2.75) is 44.9 Å². The van der Waals surface area contributed by atoms with E-state index in [9.17, 15) is 4.39 Å². The van der Waals surface area contributed by atoms with Crippen LogP contribution in [0.4, 0.5) is 10.1 Å². The lowest BCUT2D eigenvalue weighted by atomic mass is 9.85. The highest BCUT2D eigenvalue weighted by atomic mass is 19.1. The van der Waals surface area contributed by atoms with E-state index < -0.39 is 6.17 Å². The summed E-state index contributed by atoms with van der Waals surface area (Å²) in [6.45, 7) is 3.65. The van der Waals surface area contributed by atoms with Crippen LogP contribution >= 0.6 is 0 Å². The number of imidazole rings is 1. The monoisotopic (exact) mass is 460 g/mol. The molecule has 2 aliphatic rings. The van der Waals surface area contributed by atoms with Crippen LogP contribution in [0.3, 0.4) is 0 Å². The molecule has 5 heterocycles. The molecule has 4 aromatic heterocycles. The van der Waals surface area contributed by atoms with E-state index in [1.165, 1.54) is 24.8 Å². The first kappa shape index (κ1) is 21.2. The van der Waals surface area contributed by atoms with Crippen molar-refractivity contribution in [3.8, 4) is 11.3 Å². The number of pyridine rings is 2. The molecule has 1 aliphatic carbocycles. The standard InChI is InChI=1S/C25H29FN8/c26-21-6-7-32(14-21)23-8-20(11-28-12-23)24-17-34(31-30-24)16-22-15-33-13-19(4-5-25(33)29-22)10-27-9-18-2-1-3-18/h4-5,8,11-13,15,17-18,21,27H,1-3,6-7,9-10,14,16H2/t21-/m1/s1. The first-order valence-corrected chi connectivity index (χ1v) is 12.1. The molecule has 2 fully saturated rings. The van der Waals surface area contributed by atoms with Crippen LogP contribution in [0, 0.1) is 5.92 Å². The van der Waals surface area contributed by atoms with Gasteiger partial charge in [-0.1, -0.05) is 17.7 Å². The second kappa shape index (κ2) is 9.13.